The van der Waals surface area contributed by atoms with Gasteiger partial charge in [0.1, 0.15) is 17.5 Å². The molecule has 6 nitrogen and oxygen atoms in total. The van der Waals surface area contributed by atoms with Crippen molar-refractivity contribution in [3.63, 3.8) is 0 Å². The highest BCUT2D eigenvalue weighted by Gasteiger charge is 2.28. The van der Waals surface area contributed by atoms with Crippen molar-refractivity contribution in [2.45, 2.75) is 25.7 Å². The van der Waals surface area contributed by atoms with Gasteiger partial charge < -0.3 is 16.4 Å². The van der Waals surface area contributed by atoms with Gasteiger partial charge in [-0.25, -0.2) is 9.97 Å². The molecule has 1 heterocycles. The third-order valence-electron chi connectivity index (χ3n) is 2.77. The first-order chi connectivity index (χ1) is 8.11. The van der Waals surface area contributed by atoms with Crippen LogP contribution in [-0.2, 0) is 4.79 Å². The van der Waals surface area contributed by atoms with E-state index in [9.17, 15) is 4.79 Å². The maximum Gasteiger partial charge on any atom is 0.236 e. The maximum absolute atomic E-state index is 10.8. The zero-order valence-electron chi connectivity index (χ0n) is 10.1. The molecular weight excluding hydrogens is 218 g/mol. The highest BCUT2D eigenvalue weighted by molar-refractivity contribution is 5.79. The summed E-state index contributed by atoms with van der Waals surface area (Å²) in [5.74, 6) is 2.39. The van der Waals surface area contributed by atoms with Crippen LogP contribution >= 0.6 is 0 Å². The zero-order chi connectivity index (χ0) is 12.4. The summed E-state index contributed by atoms with van der Waals surface area (Å²) in [5.41, 5.74) is 6.01. The molecule has 6 heteroatoms. The molecule has 1 amide bonds. The number of aromatic nitrogens is 2. The van der Waals surface area contributed by atoms with E-state index in [1.54, 1.807) is 0 Å². The Kier molecular flexibility index (Phi) is 3.12. The van der Waals surface area contributed by atoms with E-state index in [2.05, 4.69) is 20.6 Å². The van der Waals surface area contributed by atoms with Gasteiger partial charge in [-0.2, -0.15) is 0 Å². The summed E-state index contributed by atoms with van der Waals surface area (Å²) in [6.45, 7) is 2.00. The second kappa shape index (κ2) is 4.57. The predicted molar refractivity (Wildman–Crippen MR) is 66.0 cm³/mol. The second-order valence-corrected chi connectivity index (χ2v) is 4.25. The Morgan fingerprint density at radius 1 is 1.41 bits per heavy atom. The molecule has 2 rings (SSSR count). The van der Waals surface area contributed by atoms with Crippen LogP contribution in [0.1, 0.15) is 30.1 Å². The highest BCUT2D eigenvalue weighted by atomic mass is 16.1. The molecule has 1 fully saturated rings. The molecule has 92 valence electrons. The van der Waals surface area contributed by atoms with Crippen molar-refractivity contribution in [1.82, 2.24) is 9.97 Å². The number of amides is 1. The van der Waals surface area contributed by atoms with Crippen molar-refractivity contribution >= 4 is 17.5 Å². The Hall–Kier alpha value is -1.85. The molecule has 0 spiro atoms. The minimum atomic E-state index is -0.401. The molecule has 4 N–H and O–H groups in total. The summed E-state index contributed by atoms with van der Waals surface area (Å²) < 4.78 is 0. The van der Waals surface area contributed by atoms with Crippen molar-refractivity contribution in [1.29, 1.82) is 0 Å². The summed E-state index contributed by atoms with van der Waals surface area (Å²) in [5, 5.41) is 5.98. The molecule has 1 saturated carbocycles. The topological polar surface area (TPSA) is 92.9 Å². The van der Waals surface area contributed by atoms with Crippen LogP contribution in [0.5, 0.6) is 0 Å². The lowest BCUT2D eigenvalue weighted by molar-refractivity contribution is -0.116. The fourth-order valence-corrected chi connectivity index (χ4v) is 1.64. The van der Waals surface area contributed by atoms with E-state index in [1.807, 2.05) is 14.0 Å². The van der Waals surface area contributed by atoms with Crippen LogP contribution in [0.2, 0.25) is 0 Å². The number of carbonyl (C=O) groups excluding carboxylic acids is 1. The monoisotopic (exact) mass is 235 g/mol. The van der Waals surface area contributed by atoms with Crippen molar-refractivity contribution in [2.24, 2.45) is 5.73 Å². The molecule has 17 heavy (non-hydrogen) atoms. The smallest absolute Gasteiger partial charge is 0.236 e. The van der Waals surface area contributed by atoms with E-state index < -0.39 is 5.91 Å². The number of carbonyl (C=O) groups is 1. The van der Waals surface area contributed by atoms with Gasteiger partial charge in [-0.1, -0.05) is 0 Å². The predicted octanol–water partition coefficient (Wildman–Crippen LogP) is 0.601. The number of anilines is 2. The summed E-state index contributed by atoms with van der Waals surface area (Å²) in [6, 6.07) is 0. The highest BCUT2D eigenvalue weighted by Crippen LogP contribution is 2.39. The minimum Gasteiger partial charge on any atom is -0.373 e. The van der Waals surface area contributed by atoms with E-state index in [0.29, 0.717) is 11.7 Å². The lowest BCUT2D eigenvalue weighted by Crippen LogP contribution is -2.23. The second-order valence-electron chi connectivity index (χ2n) is 4.25. The summed E-state index contributed by atoms with van der Waals surface area (Å²) in [4.78, 5) is 19.7. The number of nitrogens with two attached hydrogens (primary N) is 1. The Bertz CT molecular complexity index is 442. The van der Waals surface area contributed by atoms with Crippen molar-refractivity contribution < 1.29 is 4.79 Å². The average molecular weight is 235 g/mol. The van der Waals surface area contributed by atoms with Gasteiger partial charge in [-0.05, 0) is 19.8 Å². The van der Waals surface area contributed by atoms with Crippen molar-refractivity contribution in [3.05, 3.63) is 11.4 Å². The first-order valence-electron chi connectivity index (χ1n) is 5.70. The zero-order valence-corrected chi connectivity index (χ0v) is 10.1. The summed E-state index contributed by atoms with van der Waals surface area (Å²) in [6.07, 6.45) is 2.28. The van der Waals surface area contributed by atoms with Crippen molar-refractivity contribution in [2.75, 3.05) is 24.2 Å². The molecule has 0 unspecified atom stereocenters. The molecular formula is C11H17N5O. The number of nitrogens with zero attached hydrogens (tertiary/aromatic N) is 2. The summed E-state index contributed by atoms with van der Waals surface area (Å²) >= 11 is 0. The van der Waals surface area contributed by atoms with E-state index >= 15 is 0 Å². The number of primary amides is 1. The van der Waals surface area contributed by atoms with Crippen LogP contribution in [0, 0.1) is 6.92 Å². The largest absolute Gasteiger partial charge is 0.373 e. The number of hydrogen-bond acceptors (Lipinski definition) is 5. The standard InChI is InChI=1S/C11H17N5O/c1-6-9(13-2)15-11(7-3-4-7)16-10(6)14-5-8(12)17/h7H,3-5H2,1-2H3,(H2,12,17)(H2,13,14,15,16). The van der Waals surface area contributed by atoms with E-state index in [1.165, 1.54) is 0 Å². The van der Waals surface area contributed by atoms with E-state index in [-0.39, 0.29) is 6.54 Å². The van der Waals surface area contributed by atoms with Crippen molar-refractivity contribution in [3.8, 4) is 0 Å². The molecule has 0 atom stereocenters. The minimum absolute atomic E-state index is 0.0884. The molecule has 1 aliphatic carbocycles. The van der Waals surface area contributed by atoms with Crippen LogP contribution in [-0.4, -0.2) is 29.5 Å². The Morgan fingerprint density at radius 2 is 2.06 bits per heavy atom. The van der Waals surface area contributed by atoms with Gasteiger partial charge in [0.05, 0.1) is 6.54 Å². The molecule has 0 saturated heterocycles. The fourth-order valence-electron chi connectivity index (χ4n) is 1.64. The molecule has 0 aromatic carbocycles. The maximum atomic E-state index is 10.8. The molecule has 1 aliphatic rings. The number of nitrogens with one attached hydrogen (secondary N) is 2. The third kappa shape index (κ3) is 2.64. The SMILES string of the molecule is CNc1nc(C2CC2)nc(NCC(N)=O)c1C. The third-order valence-corrected chi connectivity index (χ3v) is 2.77. The molecule has 0 radical (unpaired) electrons. The fraction of sp³-hybridized carbons (Fsp3) is 0.545. The molecule has 1 aromatic rings. The van der Waals surface area contributed by atoms with Gasteiger partial charge in [0.25, 0.3) is 0 Å². The van der Waals surface area contributed by atoms with Crippen LogP contribution in [0.4, 0.5) is 11.6 Å². The van der Waals surface area contributed by atoms with Crippen LogP contribution in [0.3, 0.4) is 0 Å². The van der Waals surface area contributed by atoms with Gasteiger partial charge in [0.2, 0.25) is 5.91 Å². The Labute approximate surface area is 100 Å². The van der Waals surface area contributed by atoms with E-state index in [0.717, 1.165) is 30.0 Å². The number of rotatable bonds is 5. The van der Waals surface area contributed by atoms with Gasteiger partial charge >= 0.3 is 0 Å². The van der Waals surface area contributed by atoms with Crippen LogP contribution in [0.25, 0.3) is 0 Å². The van der Waals surface area contributed by atoms with Gasteiger partial charge in [-0.15, -0.1) is 0 Å². The quantitative estimate of drug-likeness (QED) is 0.695. The molecule has 0 bridgehead atoms. The first-order valence-corrected chi connectivity index (χ1v) is 5.70. The molecule has 0 aliphatic heterocycles. The van der Waals surface area contributed by atoms with Crippen LogP contribution < -0.4 is 16.4 Å². The summed E-state index contributed by atoms with van der Waals surface area (Å²) in [7, 11) is 1.82. The Morgan fingerprint density at radius 3 is 2.59 bits per heavy atom. The normalized spacial score (nSPS) is 14.5. The molecule has 1 aromatic heterocycles. The van der Waals surface area contributed by atoms with Gasteiger partial charge in [-0.3, -0.25) is 4.79 Å². The lowest BCUT2D eigenvalue weighted by Gasteiger charge is -2.12. The first kappa shape index (κ1) is 11.6. The van der Waals surface area contributed by atoms with E-state index in [4.69, 9.17) is 5.73 Å². The van der Waals surface area contributed by atoms with Crippen LogP contribution in [0.15, 0.2) is 0 Å². The van der Waals surface area contributed by atoms with Gasteiger partial charge in [0, 0.05) is 18.5 Å². The van der Waals surface area contributed by atoms with Gasteiger partial charge in [0.15, 0.2) is 0 Å². The average Bonchev–Trinajstić information content (AvgIpc) is 3.11. The number of hydrogen-bond donors (Lipinski definition) is 3. The Balaban J connectivity index is 2.27. The lowest BCUT2D eigenvalue weighted by atomic mass is 10.2.